The second-order valence-electron chi connectivity index (χ2n) is 25.3. The minimum Gasteiger partial charge on any atom is -0.466 e. The summed E-state index contributed by atoms with van der Waals surface area (Å²) >= 11 is 0. The fourth-order valence-electron chi connectivity index (χ4n) is 11.7. The maximum atomic E-state index is 12.6. The topological polar surface area (TPSA) is 95.9 Å². The van der Waals surface area contributed by atoms with Gasteiger partial charge in [0, 0.05) is 12.8 Å². The van der Waals surface area contributed by atoms with Gasteiger partial charge in [0.05, 0.1) is 25.4 Å². The number of esters is 1. The van der Waals surface area contributed by atoms with Gasteiger partial charge >= 0.3 is 5.97 Å². The molecule has 0 heterocycles. The van der Waals surface area contributed by atoms with Gasteiger partial charge in [0.15, 0.2) is 0 Å². The van der Waals surface area contributed by atoms with Crippen molar-refractivity contribution in [2.24, 2.45) is 0 Å². The Morgan fingerprint density at radius 3 is 0.975 bits per heavy atom. The van der Waals surface area contributed by atoms with E-state index in [4.69, 9.17) is 4.74 Å². The Hall–Kier alpha value is -1.66. The lowest BCUT2D eigenvalue weighted by molar-refractivity contribution is -0.143. The largest absolute Gasteiger partial charge is 0.466 e. The first-order valence-corrected chi connectivity index (χ1v) is 36.6. The van der Waals surface area contributed by atoms with Crippen LogP contribution in [-0.4, -0.2) is 47.4 Å². The molecule has 0 bridgehead atoms. The van der Waals surface area contributed by atoms with Gasteiger partial charge in [-0.25, -0.2) is 0 Å². The highest BCUT2D eigenvalue weighted by atomic mass is 16.5. The van der Waals surface area contributed by atoms with E-state index in [9.17, 15) is 19.8 Å². The Morgan fingerprint density at radius 2 is 0.625 bits per heavy atom. The zero-order chi connectivity index (χ0) is 57.8. The molecule has 474 valence electrons. The van der Waals surface area contributed by atoms with Crippen molar-refractivity contribution < 1.29 is 24.5 Å². The molecule has 0 aliphatic rings. The summed E-state index contributed by atoms with van der Waals surface area (Å²) in [6.07, 6.45) is 88.0. The Bertz CT molecular complexity index is 1250. The normalized spacial score (nSPS) is 12.6. The van der Waals surface area contributed by atoms with E-state index in [1.165, 1.54) is 327 Å². The van der Waals surface area contributed by atoms with Crippen LogP contribution in [0.3, 0.4) is 0 Å². The monoisotopic (exact) mass is 1130 g/mol. The maximum absolute atomic E-state index is 12.6. The quantitative estimate of drug-likeness (QED) is 0.0320. The average molecular weight is 1130 g/mol. The molecule has 1 amide bonds. The fraction of sp³-hybridized carbons (Fsp3) is 0.919. The number of rotatable bonds is 69. The van der Waals surface area contributed by atoms with Gasteiger partial charge in [-0.05, 0) is 57.8 Å². The average Bonchev–Trinajstić information content (AvgIpc) is 3.46. The molecular formula is C74H143NO5. The van der Waals surface area contributed by atoms with Gasteiger partial charge in [-0.2, -0.15) is 0 Å². The van der Waals surface area contributed by atoms with Gasteiger partial charge in [0.2, 0.25) is 5.91 Å². The predicted molar refractivity (Wildman–Crippen MR) is 352 cm³/mol. The molecule has 6 heteroatoms. The van der Waals surface area contributed by atoms with Crippen LogP contribution in [0.2, 0.25) is 0 Å². The van der Waals surface area contributed by atoms with Gasteiger partial charge in [0.1, 0.15) is 0 Å². The molecule has 0 radical (unpaired) electrons. The van der Waals surface area contributed by atoms with E-state index in [1.807, 2.05) is 0 Å². The number of amides is 1. The highest BCUT2D eigenvalue weighted by Gasteiger charge is 2.20. The molecular weight excluding hydrogens is 983 g/mol. The smallest absolute Gasteiger partial charge is 0.305 e. The number of carbonyl (C=O) groups excluding carboxylic acids is 2. The van der Waals surface area contributed by atoms with Crippen LogP contribution in [0.4, 0.5) is 0 Å². The summed E-state index contributed by atoms with van der Waals surface area (Å²) in [5.41, 5.74) is 0. The Morgan fingerprint density at radius 1 is 0.350 bits per heavy atom. The third-order valence-corrected chi connectivity index (χ3v) is 17.3. The summed E-state index contributed by atoms with van der Waals surface area (Å²) in [4.78, 5) is 24.7. The molecule has 6 nitrogen and oxygen atoms in total. The van der Waals surface area contributed by atoms with E-state index >= 15 is 0 Å². The molecule has 2 unspecified atom stereocenters. The van der Waals surface area contributed by atoms with Crippen LogP contribution in [0.1, 0.15) is 412 Å². The molecule has 0 saturated carbocycles. The summed E-state index contributed by atoms with van der Waals surface area (Å²) in [5, 5.41) is 23.5. The minimum absolute atomic E-state index is 0.00668. The van der Waals surface area contributed by atoms with Gasteiger partial charge < -0.3 is 20.3 Å². The Labute approximate surface area is 501 Å². The molecule has 0 aliphatic carbocycles. The van der Waals surface area contributed by atoms with Crippen molar-refractivity contribution in [3.05, 3.63) is 24.3 Å². The van der Waals surface area contributed by atoms with Crippen LogP contribution in [0.5, 0.6) is 0 Å². The first-order chi connectivity index (χ1) is 39.5. The lowest BCUT2D eigenvalue weighted by Crippen LogP contribution is -2.45. The summed E-state index contributed by atoms with van der Waals surface area (Å²) in [6, 6.07) is -0.546. The van der Waals surface area contributed by atoms with Crippen molar-refractivity contribution in [2.45, 2.75) is 424 Å². The van der Waals surface area contributed by atoms with Crippen molar-refractivity contribution in [1.82, 2.24) is 5.32 Å². The lowest BCUT2D eigenvalue weighted by atomic mass is 10.0. The van der Waals surface area contributed by atoms with Crippen molar-refractivity contribution in [2.75, 3.05) is 13.2 Å². The van der Waals surface area contributed by atoms with Crippen molar-refractivity contribution in [3.63, 3.8) is 0 Å². The van der Waals surface area contributed by atoms with Crippen LogP contribution >= 0.6 is 0 Å². The fourth-order valence-corrected chi connectivity index (χ4v) is 11.7. The number of unbranched alkanes of at least 4 members (excludes halogenated alkanes) is 54. The number of hydrogen-bond donors (Lipinski definition) is 3. The van der Waals surface area contributed by atoms with Crippen LogP contribution in [0.25, 0.3) is 0 Å². The van der Waals surface area contributed by atoms with E-state index in [2.05, 4.69) is 43.5 Å². The van der Waals surface area contributed by atoms with Crippen molar-refractivity contribution in [3.8, 4) is 0 Å². The van der Waals surface area contributed by atoms with Gasteiger partial charge in [-0.15, -0.1) is 0 Å². The van der Waals surface area contributed by atoms with Crippen LogP contribution in [0, 0.1) is 0 Å². The zero-order valence-corrected chi connectivity index (χ0v) is 54.3. The number of ether oxygens (including phenoxy) is 1. The second kappa shape index (κ2) is 69.8. The van der Waals surface area contributed by atoms with Crippen LogP contribution in [0.15, 0.2) is 24.3 Å². The van der Waals surface area contributed by atoms with E-state index < -0.39 is 12.1 Å². The van der Waals surface area contributed by atoms with E-state index in [0.29, 0.717) is 25.9 Å². The van der Waals surface area contributed by atoms with Crippen LogP contribution in [-0.2, 0) is 14.3 Å². The summed E-state index contributed by atoms with van der Waals surface area (Å²) in [5.74, 6) is -0.0260. The Kier molecular flexibility index (Phi) is 68.4. The SMILES string of the molecule is CCCCC/C=C\C/C=C\CCCCCCCCCCCC(=O)OCCCCCCCCCCCCCCCCCCCCCC(=O)NC(CO)C(O)CCCCCCCCCCCCCCCCCCCCCCCCCCC. The Balaban J connectivity index is 3.39. The second-order valence-corrected chi connectivity index (χ2v) is 25.3. The van der Waals surface area contributed by atoms with Crippen molar-refractivity contribution in [1.29, 1.82) is 0 Å². The van der Waals surface area contributed by atoms with Gasteiger partial charge in [-0.1, -0.05) is 366 Å². The third-order valence-electron chi connectivity index (χ3n) is 17.3. The highest BCUT2D eigenvalue weighted by molar-refractivity contribution is 5.76. The molecule has 3 N–H and O–H groups in total. The molecule has 0 saturated heterocycles. The molecule has 80 heavy (non-hydrogen) atoms. The van der Waals surface area contributed by atoms with Gasteiger partial charge in [-0.3, -0.25) is 9.59 Å². The molecule has 0 aliphatic heterocycles. The number of hydrogen-bond acceptors (Lipinski definition) is 5. The first-order valence-electron chi connectivity index (χ1n) is 36.6. The number of nitrogens with one attached hydrogen (secondary N) is 1. The molecule has 0 rings (SSSR count). The number of aliphatic hydroxyl groups is 2. The molecule has 0 aromatic carbocycles. The van der Waals surface area contributed by atoms with E-state index in [1.54, 1.807) is 0 Å². The van der Waals surface area contributed by atoms with Gasteiger partial charge in [0.25, 0.3) is 0 Å². The highest BCUT2D eigenvalue weighted by Crippen LogP contribution is 2.19. The molecule has 0 aromatic heterocycles. The number of carbonyl (C=O) groups is 2. The number of aliphatic hydroxyl groups excluding tert-OH is 2. The van der Waals surface area contributed by atoms with E-state index in [0.717, 1.165) is 51.4 Å². The van der Waals surface area contributed by atoms with Crippen molar-refractivity contribution >= 4 is 11.9 Å². The summed E-state index contributed by atoms with van der Waals surface area (Å²) in [6.45, 7) is 4.96. The molecule has 0 spiro atoms. The van der Waals surface area contributed by atoms with Crippen LogP contribution < -0.4 is 5.32 Å². The standard InChI is InChI=1S/C74H143NO5/c1-3-5-7-9-11-13-15-17-19-21-23-24-25-26-27-28-31-34-38-42-46-50-54-58-62-66-72(77)71(70-76)75-73(78)67-63-59-55-51-47-43-39-35-32-29-33-37-41-45-49-53-57-61-65-69-80-74(79)68-64-60-56-52-48-44-40-36-30-22-20-18-16-14-12-10-8-6-4-2/h12,14,18,20,71-72,76-77H,3-11,13,15-17,19,21-70H2,1-2H3,(H,75,78)/b14-12-,20-18-. The van der Waals surface area contributed by atoms with E-state index in [-0.39, 0.29) is 18.5 Å². The predicted octanol–water partition coefficient (Wildman–Crippen LogP) is 23.7. The molecule has 0 fully saturated rings. The lowest BCUT2D eigenvalue weighted by Gasteiger charge is -2.22. The minimum atomic E-state index is -0.668. The maximum Gasteiger partial charge on any atom is 0.305 e. The molecule has 2 atom stereocenters. The molecule has 0 aromatic rings. The third kappa shape index (κ3) is 65.5. The summed E-state index contributed by atoms with van der Waals surface area (Å²) in [7, 11) is 0. The first kappa shape index (κ1) is 78.3. The summed E-state index contributed by atoms with van der Waals surface area (Å²) < 4.78 is 5.51. The number of allylic oxidation sites excluding steroid dienone is 4. The zero-order valence-electron chi connectivity index (χ0n) is 54.3.